The molecule has 0 unspecified atom stereocenters. The fraction of sp³-hybridized carbons (Fsp3) is 0.200. The molecule has 0 aliphatic carbocycles. The van der Waals surface area contributed by atoms with E-state index in [-0.39, 0.29) is 22.3 Å². The summed E-state index contributed by atoms with van der Waals surface area (Å²) in [4.78, 5) is 49.9. The van der Waals surface area contributed by atoms with E-state index in [2.05, 4.69) is 15.1 Å². The van der Waals surface area contributed by atoms with E-state index in [0.29, 0.717) is 0 Å². The topological polar surface area (TPSA) is 144 Å². The molecule has 0 saturated heterocycles. The summed E-state index contributed by atoms with van der Waals surface area (Å²) in [7, 11) is 1.47. The van der Waals surface area contributed by atoms with Crippen LogP contribution in [0.5, 0.6) is 0 Å². The molecule has 2 heterocycles. The molecule has 0 radical (unpaired) electrons. The van der Waals surface area contributed by atoms with Gasteiger partial charge in [-0.05, 0) is 0 Å². The summed E-state index contributed by atoms with van der Waals surface area (Å²) < 4.78 is 1.22. The van der Waals surface area contributed by atoms with E-state index in [4.69, 9.17) is 0 Å². The number of nitrogens with zero attached hydrogens (tertiary/aromatic N) is 3. The highest BCUT2D eigenvalue weighted by Gasteiger charge is 2.15. The molecule has 0 spiro atoms. The maximum Gasteiger partial charge on any atom is 0.339 e. The van der Waals surface area contributed by atoms with Crippen molar-refractivity contribution in [2.75, 3.05) is 5.75 Å². The lowest BCUT2D eigenvalue weighted by atomic mass is 10.3. The Kier molecular flexibility index (Phi) is 4.03. The number of hydrogen-bond acceptors (Lipinski definition) is 7. The molecule has 10 nitrogen and oxygen atoms in total. The van der Waals surface area contributed by atoms with Crippen LogP contribution < -0.4 is 11.1 Å². The zero-order chi connectivity index (χ0) is 15.6. The SMILES string of the molecule is Cn1[nH]c(=O)c(=O)nc1SCC(=O)c1cc([N+](=O)[O-])c[nH]1. The number of hydrogen-bond donors (Lipinski definition) is 2. The standard InChI is InChI=1S/C10H9N5O5S/c1-14-10(12-8(17)9(18)13-14)21-4-7(16)6-2-5(3-11-6)15(19)20/h2-3,11H,4H2,1H3,(H,13,18). The largest absolute Gasteiger partial charge is 0.353 e. The lowest BCUT2D eigenvalue weighted by Gasteiger charge is -2.04. The molecule has 0 amide bonds. The smallest absolute Gasteiger partial charge is 0.339 e. The Bertz CT molecular complexity index is 820. The molecule has 21 heavy (non-hydrogen) atoms. The van der Waals surface area contributed by atoms with Crippen LogP contribution in [0.15, 0.2) is 27.0 Å². The maximum absolute atomic E-state index is 11.9. The van der Waals surface area contributed by atoms with E-state index >= 15 is 0 Å². The summed E-state index contributed by atoms with van der Waals surface area (Å²) in [5.74, 6) is -0.488. The monoisotopic (exact) mass is 311 g/mol. The first kappa shape index (κ1) is 14.7. The summed E-state index contributed by atoms with van der Waals surface area (Å²) >= 11 is 0.933. The predicted octanol–water partition coefficient (Wildman–Crippen LogP) is -0.320. The normalized spacial score (nSPS) is 10.5. The molecule has 2 aromatic heterocycles. The highest BCUT2D eigenvalue weighted by Crippen LogP contribution is 2.17. The van der Waals surface area contributed by atoms with Crippen molar-refractivity contribution in [1.29, 1.82) is 0 Å². The lowest BCUT2D eigenvalue weighted by Crippen LogP contribution is -2.34. The van der Waals surface area contributed by atoms with Gasteiger partial charge in [-0.2, -0.15) is 4.98 Å². The third kappa shape index (κ3) is 3.25. The molecular formula is C10H9N5O5S. The summed E-state index contributed by atoms with van der Waals surface area (Å²) in [6.07, 6.45) is 1.12. The van der Waals surface area contributed by atoms with Crippen LogP contribution in [0.2, 0.25) is 0 Å². The van der Waals surface area contributed by atoms with Crippen molar-refractivity contribution in [3.05, 3.63) is 48.8 Å². The highest BCUT2D eigenvalue weighted by atomic mass is 32.2. The van der Waals surface area contributed by atoms with Gasteiger partial charge < -0.3 is 4.98 Å². The molecule has 0 aliphatic rings. The number of carbonyl (C=O) groups excluding carboxylic acids is 1. The van der Waals surface area contributed by atoms with Gasteiger partial charge in [0.25, 0.3) is 5.69 Å². The van der Waals surface area contributed by atoms with Crippen molar-refractivity contribution < 1.29 is 9.72 Å². The van der Waals surface area contributed by atoms with Gasteiger partial charge in [0, 0.05) is 13.1 Å². The van der Waals surface area contributed by atoms with Crippen molar-refractivity contribution in [3.8, 4) is 0 Å². The quantitative estimate of drug-likeness (QED) is 0.253. The van der Waals surface area contributed by atoms with Crippen molar-refractivity contribution in [2.24, 2.45) is 7.05 Å². The molecular weight excluding hydrogens is 302 g/mol. The molecule has 2 rings (SSSR count). The number of H-pyrrole nitrogens is 2. The Morgan fingerprint density at radius 3 is 2.86 bits per heavy atom. The minimum atomic E-state index is -0.946. The third-order valence-electron chi connectivity index (χ3n) is 2.46. The highest BCUT2D eigenvalue weighted by molar-refractivity contribution is 7.99. The Hall–Kier alpha value is -2.69. The van der Waals surface area contributed by atoms with E-state index in [9.17, 15) is 24.5 Å². The van der Waals surface area contributed by atoms with Crippen molar-refractivity contribution in [2.45, 2.75) is 5.16 Å². The van der Waals surface area contributed by atoms with E-state index in [1.807, 2.05) is 0 Å². The zero-order valence-corrected chi connectivity index (χ0v) is 11.5. The van der Waals surface area contributed by atoms with E-state index < -0.39 is 21.8 Å². The first-order chi connectivity index (χ1) is 9.88. The van der Waals surface area contributed by atoms with Crippen LogP contribution in [0.4, 0.5) is 5.69 Å². The average molecular weight is 311 g/mol. The molecule has 0 fully saturated rings. The van der Waals surface area contributed by atoms with E-state index in [0.717, 1.165) is 24.0 Å². The Morgan fingerprint density at radius 2 is 2.24 bits per heavy atom. The summed E-state index contributed by atoms with van der Waals surface area (Å²) in [5, 5.41) is 12.9. The zero-order valence-electron chi connectivity index (χ0n) is 10.7. The Labute approximate surface area is 120 Å². The molecule has 0 aliphatic heterocycles. The van der Waals surface area contributed by atoms with Crippen LogP contribution in [0.25, 0.3) is 0 Å². The van der Waals surface area contributed by atoms with Crippen LogP contribution in [-0.4, -0.2) is 36.2 Å². The van der Waals surface area contributed by atoms with E-state index in [1.165, 1.54) is 11.7 Å². The second-order valence-corrected chi connectivity index (χ2v) is 4.88. The number of aromatic nitrogens is 4. The number of thioether (sulfide) groups is 1. The maximum atomic E-state index is 11.9. The first-order valence-electron chi connectivity index (χ1n) is 5.54. The summed E-state index contributed by atoms with van der Waals surface area (Å²) in [6, 6.07) is 1.13. The molecule has 0 bridgehead atoms. The van der Waals surface area contributed by atoms with Crippen LogP contribution in [0.1, 0.15) is 10.5 Å². The van der Waals surface area contributed by atoms with Crippen molar-refractivity contribution in [1.82, 2.24) is 19.7 Å². The molecule has 0 aromatic carbocycles. The number of Topliss-reactive ketones (excluding diaryl/α,β-unsaturated/α-hetero) is 1. The van der Waals surface area contributed by atoms with E-state index in [1.54, 1.807) is 0 Å². The summed E-state index contributed by atoms with van der Waals surface area (Å²) in [5.41, 5.74) is -1.92. The fourth-order valence-corrected chi connectivity index (χ4v) is 2.25. The van der Waals surface area contributed by atoms with Gasteiger partial charge in [0.05, 0.1) is 22.6 Å². The van der Waals surface area contributed by atoms with Gasteiger partial charge in [0.1, 0.15) is 0 Å². The van der Waals surface area contributed by atoms with Gasteiger partial charge in [0.2, 0.25) is 0 Å². The number of nitrogens with one attached hydrogen (secondary N) is 2. The molecule has 0 saturated carbocycles. The van der Waals surface area contributed by atoms with Gasteiger partial charge in [0.15, 0.2) is 10.9 Å². The average Bonchev–Trinajstić information content (AvgIpc) is 2.91. The molecule has 110 valence electrons. The predicted molar refractivity (Wildman–Crippen MR) is 72.6 cm³/mol. The lowest BCUT2D eigenvalue weighted by molar-refractivity contribution is -0.384. The minimum absolute atomic E-state index is 0.0867. The van der Waals surface area contributed by atoms with Gasteiger partial charge in [-0.15, -0.1) is 0 Å². The molecule has 2 aromatic rings. The Morgan fingerprint density at radius 1 is 1.52 bits per heavy atom. The van der Waals surface area contributed by atoms with Gasteiger partial charge >= 0.3 is 11.1 Å². The van der Waals surface area contributed by atoms with Gasteiger partial charge in [-0.25, -0.2) is 0 Å². The minimum Gasteiger partial charge on any atom is -0.353 e. The second-order valence-electron chi connectivity index (χ2n) is 3.94. The molecule has 2 N–H and O–H groups in total. The van der Waals surface area contributed by atoms with Crippen LogP contribution in [0.3, 0.4) is 0 Å². The van der Waals surface area contributed by atoms with Crippen LogP contribution in [0, 0.1) is 10.1 Å². The second kappa shape index (κ2) is 5.75. The molecule has 11 heteroatoms. The van der Waals surface area contributed by atoms with Crippen LogP contribution in [-0.2, 0) is 7.05 Å². The van der Waals surface area contributed by atoms with Gasteiger partial charge in [-0.1, -0.05) is 11.8 Å². The number of ketones is 1. The number of rotatable bonds is 5. The Balaban J connectivity index is 2.10. The number of carbonyl (C=O) groups is 1. The van der Waals surface area contributed by atoms with Crippen LogP contribution >= 0.6 is 11.8 Å². The number of nitro groups is 1. The number of aryl methyl sites for hydroxylation is 1. The van der Waals surface area contributed by atoms with Crippen molar-refractivity contribution >= 4 is 23.2 Å². The summed E-state index contributed by atoms with van der Waals surface area (Å²) in [6.45, 7) is 0. The fourth-order valence-electron chi connectivity index (χ4n) is 1.45. The number of aromatic amines is 2. The van der Waals surface area contributed by atoms with Crippen molar-refractivity contribution in [3.63, 3.8) is 0 Å². The third-order valence-corrected chi connectivity index (χ3v) is 3.49. The first-order valence-corrected chi connectivity index (χ1v) is 6.53. The van der Waals surface area contributed by atoms with Gasteiger partial charge in [-0.3, -0.25) is 34.3 Å². The molecule has 0 atom stereocenters.